The Morgan fingerprint density at radius 3 is 2.67 bits per heavy atom. The van der Waals surface area contributed by atoms with Crippen LogP contribution in [0.3, 0.4) is 0 Å². The summed E-state index contributed by atoms with van der Waals surface area (Å²) in [6, 6.07) is -0.725. The molecule has 0 amide bonds. The Bertz CT molecular complexity index is 224. The lowest BCUT2D eigenvalue weighted by Gasteiger charge is -1.99. The van der Waals surface area contributed by atoms with Crippen LogP contribution in [0.2, 0.25) is 0 Å². The monoisotopic (exact) mass is 166 g/mol. The van der Waals surface area contributed by atoms with E-state index in [1.54, 1.807) is 0 Å². The summed E-state index contributed by atoms with van der Waals surface area (Å²) in [6.07, 6.45) is 0.990. The topological polar surface area (TPSA) is 35.0 Å². The summed E-state index contributed by atoms with van der Waals surface area (Å²) in [4.78, 5) is 17.0. The van der Waals surface area contributed by atoms with Crippen molar-refractivity contribution in [1.29, 1.82) is 0 Å². The smallest absolute Gasteiger partial charge is 0.389 e. The summed E-state index contributed by atoms with van der Waals surface area (Å²) in [7, 11) is 1.26. The molecule has 0 unspecified atom stereocenters. The van der Waals surface area contributed by atoms with E-state index in [9.17, 15) is 4.79 Å². The Morgan fingerprint density at radius 1 is 1.58 bits per heavy atom. The number of rotatable bonds is 4. The summed E-state index contributed by atoms with van der Waals surface area (Å²) in [5.74, 6) is -0.505. The molecule has 0 aliphatic rings. The molecule has 0 aliphatic carbocycles. The SMILES string of the molecule is [C-]#[N+]CCC[C@H]([N+]#[C-])C(=O)OC. The number of nitrogens with zero attached hydrogens (tertiary/aromatic N) is 2. The minimum Gasteiger partial charge on any atom is -0.463 e. The number of hydrogen-bond donors (Lipinski definition) is 0. The van der Waals surface area contributed by atoms with E-state index in [0.717, 1.165) is 0 Å². The second-order valence-corrected chi connectivity index (χ2v) is 2.19. The second kappa shape index (κ2) is 6.18. The van der Waals surface area contributed by atoms with Crippen LogP contribution in [-0.4, -0.2) is 25.7 Å². The van der Waals surface area contributed by atoms with Crippen LogP contribution in [0.25, 0.3) is 9.69 Å². The third kappa shape index (κ3) is 3.58. The first-order valence-electron chi connectivity index (χ1n) is 3.54. The van der Waals surface area contributed by atoms with Crippen LogP contribution in [-0.2, 0) is 9.53 Å². The fourth-order valence-corrected chi connectivity index (χ4v) is 0.735. The van der Waals surface area contributed by atoms with Gasteiger partial charge < -0.3 is 14.4 Å². The van der Waals surface area contributed by atoms with Gasteiger partial charge in [-0.1, -0.05) is 0 Å². The molecule has 0 saturated heterocycles. The molecule has 4 heteroatoms. The van der Waals surface area contributed by atoms with Gasteiger partial charge in [-0.3, -0.25) is 0 Å². The average Bonchev–Trinajstić information content (AvgIpc) is 2.11. The molecule has 0 aromatic carbocycles. The van der Waals surface area contributed by atoms with Crippen LogP contribution < -0.4 is 0 Å². The van der Waals surface area contributed by atoms with E-state index >= 15 is 0 Å². The average molecular weight is 166 g/mol. The van der Waals surface area contributed by atoms with E-state index < -0.39 is 12.0 Å². The Hall–Kier alpha value is -1.55. The maximum Gasteiger partial charge on any atom is 0.389 e. The lowest BCUT2D eigenvalue weighted by atomic mass is 10.2. The van der Waals surface area contributed by atoms with Crippen molar-refractivity contribution in [3.05, 3.63) is 22.8 Å². The maximum atomic E-state index is 10.8. The highest BCUT2D eigenvalue weighted by molar-refractivity contribution is 5.77. The fourth-order valence-electron chi connectivity index (χ4n) is 0.735. The van der Waals surface area contributed by atoms with Gasteiger partial charge in [0, 0.05) is 12.8 Å². The Morgan fingerprint density at radius 2 is 2.25 bits per heavy atom. The van der Waals surface area contributed by atoms with Crippen molar-refractivity contribution in [2.75, 3.05) is 13.7 Å². The second-order valence-electron chi connectivity index (χ2n) is 2.19. The molecule has 0 rings (SSSR count). The fraction of sp³-hybridized carbons (Fsp3) is 0.625. The lowest BCUT2D eigenvalue weighted by Crippen LogP contribution is -2.18. The van der Waals surface area contributed by atoms with E-state index in [2.05, 4.69) is 14.4 Å². The van der Waals surface area contributed by atoms with Crippen molar-refractivity contribution < 1.29 is 9.53 Å². The van der Waals surface area contributed by atoms with Crippen LogP contribution in [0.15, 0.2) is 0 Å². The first-order valence-corrected chi connectivity index (χ1v) is 3.54. The standard InChI is InChI=1S/C8H10N2O2/c1-9-6-4-5-7(10-2)8(11)12-3/h7H,4-6H2,3H3/t7-/m0/s1. The molecule has 0 aromatic rings. The van der Waals surface area contributed by atoms with E-state index in [4.69, 9.17) is 13.1 Å². The third-order valence-electron chi connectivity index (χ3n) is 1.38. The predicted octanol–water partition coefficient (Wildman–Crippen LogP) is 1.15. The summed E-state index contributed by atoms with van der Waals surface area (Å²) in [5.41, 5.74) is 0. The first-order chi connectivity index (χ1) is 5.76. The van der Waals surface area contributed by atoms with Gasteiger partial charge in [0.2, 0.25) is 6.54 Å². The Balaban J connectivity index is 3.79. The van der Waals surface area contributed by atoms with Gasteiger partial charge in [0.1, 0.15) is 0 Å². The number of carbonyl (C=O) groups excluding carboxylic acids is 1. The van der Waals surface area contributed by atoms with Crippen LogP contribution in [0.1, 0.15) is 12.8 Å². The Labute approximate surface area is 71.8 Å². The van der Waals surface area contributed by atoms with Crippen LogP contribution in [0.4, 0.5) is 0 Å². The number of carbonyl (C=O) groups is 1. The van der Waals surface area contributed by atoms with Gasteiger partial charge in [-0.05, 0) is 0 Å². The van der Waals surface area contributed by atoms with Gasteiger partial charge in [-0.25, -0.2) is 17.9 Å². The molecule has 0 bridgehead atoms. The van der Waals surface area contributed by atoms with Crippen molar-refractivity contribution >= 4 is 5.97 Å². The summed E-state index contributed by atoms with van der Waals surface area (Å²) in [6.45, 7) is 13.5. The van der Waals surface area contributed by atoms with Crippen molar-refractivity contribution in [2.24, 2.45) is 0 Å². The quantitative estimate of drug-likeness (QED) is 0.356. The van der Waals surface area contributed by atoms with Gasteiger partial charge in [0.05, 0.1) is 7.11 Å². The van der Waals surface area contributed by atoms with Crippen molar-refractivity contribution in [3.8, 4) is 0 Å². The molecule has 0 radical (unpaired) electrons. The minimum atomic E-state index is -0.725. The maximum absolute atomic E-state index is 10.8. The molecule has 0 fully saturated rings. The molecule has 0 spiro atoms. The van der Waals surface area contributed by atoms with Gasteiger partial charge >= 0.3 is 12.0 Å². The molecular weight excluding hydrogens is 156 g/mol. The van der Waals surface area contributed by atoms with Crippen LogP contribution >= 0.6 is 0 Å². The van der Waals surface area contributed by atoms with Gasteiger partial charge in [-0.15, -0.1) is 0 Å². The number of hydrogen-bond acceptors (Lipinski definition) is 2. The van der Waals surface area contributed by atoms with Gasteiger partial charge in [0.15, 0.2) is 0 Å². The molecular formula is C8H10N2O2. The first kappa shape index (κ1) is 10.4. The summed E-state index contributed by atoms with van der Waals surface area (Å²) >= 11 is 0. The lowest BCUT2D eigenvalue weighted by molar-refractivity contribution is -0.141. The van der Waals surface area contributed by atoms with Gasteiger partial charge in [0.25, 0.3) is 0 Å². The highest BCUT2D eigenvalue weighted by Gasteiger charge is 2.23. The zero-order chi connectivity index (χ0) is 9.40. The van der Waals surface area contributed by atoms with E-state index in [1.165, 1.54) is 7.11 Å². The van der Waals surface area contributed by atoms with E-state index in [-0.39, 0.29) is 0 Å². The summed E-state index contributed by atoms with van der Waals surface area (Å²) in [5, 5.41) is 0. The molecule has 0 aromatic heterocycles. The van der Waals surface area contributed by atoms with Gasteiger partial charge in [-0.2, -0.15) is 0 Å². The molecule has 12 heavy (non-hydrogen) atoms. The van der Waals surface area contributed by atoms with Crippen LogP contribution in [0.5, 0.6) is 0 Å². The highest BCUT2D eigenvalue weighted by atomic mass is 16.5. The van der Waals surface area contributed by atoms with E-state index in [1.807, 2.05) is 0 Å². The normalized spacial score (nSPS) is 10.9. The predicted molar refractivity (Wildman–Crippen MR) is 43.1 cm³/mol. The largest absolute Gasteiger partial charge is 0.463 e. The zero-order valence-electron chi connectivity index (χ0n) is 6.91. The van der Waals surface area contributed by atoms with Crippen molar-refractivity contribution in [3.63, 3.8) is 0 Å². The molecule has 0 saturated carbocycles. The van der Waals surface area contributed by atoms with Crippen LogP contribution in [0, 0.1) is 13.1 Å². The molecule has 0 N–H and O–H groups in total. The van der Waals surface area contributed by atoms with Crippen molar-refractivity contribution in [1.82, 2.24) is 0 Å². The Kier molecular flexibility index (Phi) is 5.38. The molecule has 1 atom stereocenters. The molecule has 4 nitrogen and oxygen atoms in total. The number of ether oxygens (including phenoxy) is 1. The van der Waals surface area contributed by atoms with E-state index in [0.29, 0.717) is 19.4 Å². The molecule has 0 heterocycles. The number of methoxy groups -OCH3 is 1. The molecule has 64 valence electrons. The molecule has 0 aliphatic heterocycles. The highest BCUT2D eigenvalue weighted by Crippen LogP contribution is 2.03. The number of esters is 1. The van der Waals surface area contributed by atoms with Crippen molar-refractivity contribution in [2.45, 2.75) is 18.9 Å². The zero-order valence-corrected chi connectivity index (χ0v) is 6.91. The minimum absolute atomic E-state index is 0.364. The third-order valence-corrected chi connectivity index (χ3v) is 1.38. The summed E-state index contributed by atoms with van der Waals surface area (Å²) < 4.78 is 4.40.